The summed E-state index contributed by atoms with van der Waals surface area (Å²) in [4.78, 5) is 34.3. The molecular weight excluding hydrogens is 286 g/mol. The summed E-state index contributed by atoms with van der Waals surface area (Å²) in [5.41, 5.74) is 4.66. The van der Waals surface area contributed by atoms with Crippen LogP contribution >= 0.6 is 0 Å². The molecule has 0 unspecified atom stereocenters. The molecule has 3 N–H and O–H groups in total. The lowest BCUT2D eigenvalue weighted by atomic mass is 10.2. The van der Waals surface area contributed by atoms with Crippen molar-refractivity contribution in [1.29, 1.82) is 0 Å². The molecule has 0 heterocycles. The summed E-state index contributed by atoms with van der Waals surface area (Å²) >= 11 is 0. The third kappa shape index (κ3) is 4.56. The van der Waals surface area contributed by atoms with E-state index in [1.165, 1.54) is 6.92 Å². The quantitative estimate of drug-likeness (QED) is 0.508. The van der Waals surface area contributed by atoms with Gasteiger partial charge in [-0.15, -0.1) is 0 Å². The minimum absolute atomic E-state index is 0.0552. The molecule has 1 aliphatic rings. The zero-order valence-electron chi connectivity index (χ0n) is 12.3. The zero-order chi connectivity index (χ0) is 16.0. The van der Waals surface area contributed by atoms with E-state index in [9.17, 15) is 14.4 Å². The van der Waals surface area contributed by atoms with Crippen molar-refractivity contribution >= 4 is 17.8 Å². The van der Waals surface area contributed by atoms with E-state index in [1.54, 1.807) is 0 Å². The second-order valence-corrected chi connectivity index (χ2v) is 5.22. The molecule has 0 bridgehead atoms. The molecule has 2 rings (SSSR count). The number of rotatable bonds is 6. The van der Waals surface area contributed by atoms with Gasteiger partial charge in [-0.1, -0.05) is 30.3 Å². The molecule has 7 nitrogen and oxygen atoms in total. The van der Waals surface area contributed by atoms with Crippen molar-refractivity contribution in [2.24, 2.45) is 0 Å². The van der Waals surface area contributed by atoms with E-state index >= 15 is 0 Å². The fourth-order valence-electron chi connectivity index (χ4n) is 1.90. The van der Waals surface area contributed by atoms with Gasteiger partial charge in [0.15, 0.2) is 0 Å². The second-order valence-electron chi connectivity index (χ2n) is 5.22. The average molecular weight is 305 g/mol. The van der Waals surface area contributed by atoms with Crippen LogP contribution in [0.5, 0.6) is 0 Å². The predicted octanol–water partition coefficient (Wildman–Crippen LogP) is 0.0193. The molecule has 0 atom stereocenters. The molecule has 1 fully saturated rings. The summed E-state index contributed by atoms with van der Waals surface area (Å²) < 4.78 is 5.13. The number of hydrogen-bond acceptors (Lipinski definition) is 5. The van der Waals surface area contributed by atoms with Crippen LogP contribution in [0.15, 0.2) is 30.3 Å². The number of esters is 1. The Bertz CT molecular complexity index is 555. The van der Waals surface area contributed by atoms with Gasteiger partial charge in [0.1, 0.15) is 12.1 Å². The maximum atomic E-state index is 11.9. The first-order valence-corrected chi connectivity index (χ1v) is 7.03. The Hall–Kier alpha value is -2.41. The predicted molar refractivity (Wildman–Crippen MR) is 78.2 cm³/mol. The third-order valence-electron chi connectivity index (χ3n) is 3.35. The van der Waals surface area contributed by atoms with Crippen molar-refractivity contribution in [2.45, 2.75) is 31.9 Å². The number of nitrogens with one attached hydrogen (secondary N) is 3. The van der Waals surface area contributed by atoms with Gasteiger partial charge in [-0.25, -0.2) is 0 Å². The van der Waals surface area contributed by atoms with Crippen molar-refractivity contribution in [1.82, 2.24) is 16.2 Å². The number of carbonyl (C=O) groups is 3. The highest BCUT2D eigenvalue weighted by Gasteiger charge is 2.50. The highest BCUT2D eigenvalue weighted by Crippen LogP contribution is 2.35. The highest BCUT2D eigenvalue weighted by molar-refractivity contribution is 5.91. The molecular formula is C15H19N3O4. The zero-order valence-corrected chi connectivity index (χ0v) is 12.3. The standard InChI is InChI=1S/C15H19N3O4/c1-11(19)17-18-14(21)15(7-8-15)16-9-13(20)22-10-12-5-3-2-4-6-12/h2-6,16H,7-10H2,1H3,(H,17,19)(H,18,21). The van der Waals surface area contributed by atoms with Gasteiger partial charge in [-0.2, -0.15) is 0 Å². The van der Waals surface area contributed by atoms with Gasteiger partial charge < -0.3 is 4.74 Å². The lowest BCUT2D eigenvalue weighted by Gasteiger charge is -2.16. The van der Waals surface area contributed by atoms with Gasteiger partial charge in [0.2, 0.25) is 5.91 Å². The minimum atomic E-state index is -0.784. The molecule has 0 aliphatic heterocycles. The fraction of sp³-hybridized carbons (Fsp3) is 0.400. The fourth-order valence-corrected chi connectivity index (χ4v) is 1.90. The second kappa shape index (κ2) is 7.04. The first-order chi connectivity index (χ1) is 10.5. The van der Waals surface area contributed by atoms with Crippen LogP contribution in [0.2, 0.25) is 0 Å². The van der Waals surface area contributed by atoms with E-state index in [2.05, 4.69) is 16.2 Å². The molecule has 1 saturated carbocycles. The first-order valence-electron chi connectivity index (χ1n) is 7.03. The molecule has 7 heteroatoms. The largest absolute Gasteiger partial charge is 0.460 e. The maximum Gasteiger partial charge on any atom is 0.320 e. The van der Waals surface area contributed by atoms with Crippen LogP contribution in [0.4, 0.5) is 0 Å². The van der Waals surface area contributed by atoms with E-state index in [-0.39, 0.29) is 25.0 Å². The molecule has 1 aliphatic carbocycles. The Morgan fingerprint density at radius 2 is 1.82 bits per heavy atom. The summed E-state index contributed by atoms with van der Waals surface area (Å²) in [7, 11) is 0. The molecule has 0 radical (unpaired) electrons. The minimum Gasteiger partial charge on any atom is -0.460 e. The molecule has 1 aromatic carbocycles. The summed E-state index contributed by atoms with van der Waals surface area (Å²) in [5.74, 6) is -1.13. The summed E-state index contributed by atoms with van der Waals surface area (Å²) in [6, 6.07) is 9.35. The Balaban J connectivity index is 1.71. The molecule has 0 saturated heterocycles. The van der Waals surface area contributed by atoms with Crippen LogP contribution in [-0.4, -0.2) is 29.9 Å². The van der Waals surface area contributed by atoms with Crippen LogP contribution in [0.1, 0.15) is 25.3 Å². The summed E-state index contributed by atoms with van der Waals surface area (Å²) in [5, 5.41) is 2.89. The molecule has 22 heavy (non-hydrogen) atoms. The van der Waals surface area contributed by atoms with Crippen molar-refractivity contribution in [3.8, 4) is 0 Å². The lowest BCUT2D eigenvalue weighted by molar-refractivity contribution is -0.144. The highest BCUT2D eigenvalue weighted by atomic mass is 16.5. The summed E-state index contributed by atoms with van der Waals surface area (Å²) in [6.07, 6.45) is 1.23. The van der Waals surface area contributed by atoms with Gasteiger partial charge >= 0.3 is 5.97 Å². The topological polar surface area (TPSA) is 96.5 Å². The number of ether oxygens (including phenoxy) is 1. The van der Waals surface area contributed by atoms with Crippen LogP contribution in [0, 0.1) is 0 Å². The van der Waals surface area contributed by atoms with E-state index < -0.39 is 11.5 Å². The van der Waals surface area contributed by atoms with Crippen LogP contribution in [0.25, 0.3) is 0 Å². The monoisotopic (exact) mass is 305 g/mol. The number of benzene rings is 1. The SMILES string of the molecule is CC(=O)NNC(=O)C1(NCC(=O)OCc2ccccc2)CC1. The molecule has 0 aromatic heterocycles. The van der Waals surface area contributed by atoms with Crippen LogP contribution < -0.4 is 16.2 Å². The van der Waals surface area contributed by atoms with E-state index in [4.69, 9.17) is 4.74 Å². The smallest absolute Gasteiger partial charge is 0.320 e. The summed E-state index contributed by atoms with van der Waals surface area (Å²) in [6.45, 7) is 1.45. The van der Waals surface area contributed by atoms with Gasteiger partial charge in [0, 0.05) is 6.92 Å². The number of hydrazine groups is 1. The van der Waals surface area contributed by atoms with Crippen LogP contribution in [-0.2, 0) is 25.7 Å². The van der Waals surface area contributed by atoms with Crippen LogP contribution in [0.3, 0.4) is 0 Å². The van der Waals surface area contributed by atoms with Gasteiger partial charge in [0.25, 0.3) is 5.91 Å². The van der Waals surface area contributed by atoms with E-state index in [1.807, 2.05) is 30.3 Å². The van der Waals surface area contributed by atoms with Crippen molar-refractivity contribution < 1.29 is 19.1 Å². The number of carbonyl (C=O) groups excluding carboxylic acids is 3. The Morgan fingerprint density at radius 3 is 2.41 bits per heavy atom. The molecule has 1 aromatic rings. The molecule has 118 valence electrons. The average Bonchev–Trinajstić information content (AvgIpc) is 3.31. The Morgan fingerprint density at radius 1 is 1.14 bits per heavy atom. The van der Waals surface area contributed by atoms with Crippen molar-refractivity contribution in [3.05, 3.63) is 35.9 Å². The Kier molecular flexibility index (Phi) is 5.11. The van der Waals surface area contributed by atoms with Crippen molar-refractivity contribution in [2.75, 3.05) is 6.54 Å². The van der Waals surface area contributed by atoms with E-state index in [0.29, 0.717) is 12.8 Å². The molecule has 0 spiro atoms. The first kappa shape index (κ1) is 16.0. The maximum absolute atomic E-state index is 11.9. The van der Waals surface area contributed by atoms with E-state index in [0.717, 1.165) is 5.56 Å². The number of hydrogen-bond donors (Lipinski definition) is 3. The normalized spacial score (nSPS) is 14.8. The van der Waals surface area contributed by atoms with Crippen molar-refractivity contribution in [3.63, 3.8) is 0 Å². The third-order valence-corrected chi connectivity index (χ3v) is 3.35. The molecule has 2 amide bonds. The van der Waals surface area contributed by atoms with Gasteiger partial charge in [-0.3, -0.25) is 30.6 Å². The lowest BCUT2D eigenvalue weighted by Crippen LogP contribution is -2.53. The Labute approximate surface area is 128 Å². The number of amides is 2. The van der Waals surface area contributed by atoms with Gasteiger partial charge in [0.05, 0.1) is 6.54 Å². The van der Waals surface area contributed by atoms with Gasteiger partial charge in [-0.05, 0) is 18.4 Å².